The monoisotopic (exact) mass is 457 g/mol. The fraction of sp³-hybridized carbons (Fsp3) is 0.348. The minimum atomic E-state index is -4.20. The van der Waals surface area contributed by atoms with Crippen molar-refractivity contribution in [3.05, 3.63) is 65.7 Å². The van der Waals surface area contributed by atoms with Crippen LogP contribution in [0, 0.1) is 6.92 Å². The van der Waals surface area contributed by atoms with Crippen LogP contribution in [-0.4, -0.2) is 67.5 Å². The van der Waals surface area contributed by atoms with Gasteiger partial charge in [0.1, 0.15) is 0 Å². The fourth-order valence-electron chi connectivity index (χ4n) is 3.49. The highest BCUT2D eigenvalue weighted by Crippen LogP contribution is 2.18. The molecule has 1 atom stereocenters. The second kappa shape index (κ2) is 9.95. The molecule has 0 radical (unpaired) electrons. The normalized spacial score (nSPS) is 15.2. The maximum Gasteiger partial charge on any atom is 0.261 e. The van der Waals surface area contributed by atoms with Crippen LogP contribution in [0.25, 0.3) is 0 Å². The Hall–Kier alpha value is -3.20. The van der Waals surface area contributed by atoms with Crippen molar-refractivity contribution in [2.45, 2.75) is 30.5 Å². The molecule has 9 heteroatoms. The lowest BCUT2D eigenvalue weighted by Crippen LogP contribution is -2.57. The van der Waals surface area contributed by atoms with Crippen molar-refractivity contribution in [2.75, 3.05) is 26.2 Å². The zero-order valence-electron chi connectivity index (χ0n) is 18.2. The van der Waals surface area contributed by atoms with Gasteiger partial charge in [-0.3, -0.25) is 14.4 Å². The largest absolute Gasteiger partial charge is 0.339 e. The summed E-state index contributed by atoms with van der Waals surface area (Å²) in [6, 6.07) is 14.2. The highest BCUT2D eigenvalue weighted by molar-refractivity contribution is 7.92. The molecule has 1 heterocycles. The molecule has 0 bridgehead atoms. The highest BCUT2D eigenvalue weighted by Gasteiger charge is 2.39. The Kier molecular flexibility index (Phi) is 7.29. The molecule has 32 heavy (non-hydrogen) atoms. The van der Waals surface area contributed by atoms with Gasteiger partial charge in [-0.25, -0.2) is 8.42 Å². The maximum atomic E-state index is 13.3. The van der Waals surface area contributed by atoms with E-state index in [2.05, 4.69) is 5.32 Å². The van der Waals surface area contributed by atoms with Gasteiger partial charge in [0.05, 0.1) is 4.90 Å². The molecule has 0 aromatic heterocycles. The second-order valence-corrected chi connectivity index (χ2v) is 9.67. The average Bonchev–Trinajstić information content (AvgIpc) is 2.82. The number of hydrogen-bond acceptors (Lipinski definition) is 5. The van der Waals surface area contributed by atoms with Gasteiger partial charge in [-0.2, -0.15) is 0 Å². The zero-order chi connectivity index (χ0) is 23.3. The molecule has 1 fully saturated rings. The van der Waals surface area contributed by atoms with E-state index < -0.39 is 27.0 Å². The van der Waals surface area contributed by atoms with Crippen molar-refractivity contribution < 1.29 is 22.8 Å². The Labute approximate surface area is 188 Å². The van der Waals surface area contributed by atoms with Crippen molar-refractivity contribution in [3.63, 3.8) is 0 Å². The van der Waals surface area contributed by atoms with Crippen LogP contribution >= 0.6 is 0 Å². The predicted octanol–water partition coefficient (Wildman–Crippen LogP) is 1.61. The lowest BCUT2D eigenvalue weighted by Gasteiger charge is -2.36. The number of nitrogens with zero attached hydrogens (tertiary/aromatic N) is 2. The van der Waals surface area contributed by atoms with E-state index in [-0.39, 0.29) is 29.5 Å². The number of amides is 3. The predicted molar refractivity (Wildman–Crippen MR) is 120 cm³/mol. The molecule has 0 spiro atoms. The lowest BCUT2D eigenvalue weighted by molar-refractivity contribution is -0.139. The Bertz CT molecular complexity index is 1080. The van der Waals surface area contributed by atoms with Gasteiger partial charge in [0.25, 0.3) is 11.8 Å². The van der Waals surface area contributed by atoms with Crippen LogP contribution in [0.5, 0.6) is 0 Å². The SMILES string of the molecule is CCC(=O)N1CCN(C(=O)[C@H](NC(=O)c2ccc(C)cc2)S(=O)(=O)c2ccccc2)CC1. The average molecular weight is 458 g/mol. The van der Waals surface area contributed by atoms with Gasteiger partial charge in [0.2, 0.25) is 21.1 Å². The molecule has 0 unspecified atom stereocenters. The molecule has 1 N–H and O–H groups in total. The first kappa shape index (κ1) is 23.5. The topological polar surface area (TPSA) is 104 Å². The first-order valence-electron chi connectivity index (χ1n) is 10.5. The number of nitrogens with one attached hydrogen (secondary N) is 1. The number of piperazine rings is 1. The van der Waals surface area contributed by atoms with Crippen LogP contribution in [0.3, 0.4) is 0 Å². The minimum Gasteiger partial charge on any atom is -0.339 e. The quantitative estimate of drug-likeness (QED) is 0.710. The summed E-state index contributed by atoms with van der Waals surface area (Å²) < 4.78 is 26.7. The summed E-state index contributed by atoms with van der Waals surface area (Å²) in [5.41, 5.74) is 1.21. The number of rotatable bonds is 6. The van der Waals surface area contributed by atoms with Crippen molar-refractivity contribution in [2.24, 2.45) is 0 Å². The number of aryl methyl sites for hydroxylation is 1. The number of hydrogen-bond donors (Lipinski definition) is 1. The highest BCUT2D eigenvalue weighted by atomic mass is 32.2. The smallest absolute Gasteiger partial charge is 0.261 e. The molecule has 1 saturated heterocycles. The number of benzene rings is 2. The molecule has 2 aromatic rings. The summed E-state index contributed by atoms with van der Waals surface area (Å²) >= 11 is 0. The maximum absolute atomic E-state index is 13.3. The summed E-state index contributed by atoms with van der Waals surface area (Å²) in [5.74, 6) is -1.38. The van der Waals surface area contributed by atoms with Crippen LogP contribution in [0.15, 0.2) is 59.5 Å². The third kappa shape index (κ3) is 5.16. The van der Waals surface area contributed by atoms with E-state index in [0.29, 0.717) is 19.5 Å². The van der Waals surface area contributed by atoms with Gasteiger partial charge in [-0.15, -0.1) is 0 Å². The van der Waals surface area contributed by atoms with Crippen LogP contribution in [0.4, 0.5) is 0 Å². The Morgan fingerprint density at radius 1 is 0.906 bits per heavy atom. The molecule has 1 aliphatic heterocycles. The van der Waals surface area contributed by atoms with Gasteiger partial charge >= 0.3 is 0 Å². The summed E-state index contributed by atoms with van der Waals surface area (Å²) in [7, 11) is -4.20. The van der Waals surface area contributed by atoms with Gasteiger partial charge < -0.3 is 15.1 Å². The lowest BCUT2D eigenvalue weighted by atomic mass is 10.1. The summed E-state index contributed by atoms with van der Waals surface area (Å²) in [4.78, 5) is 41.0. The van der Waals surface area contributed by atoms with Crippen LogP contribution in [0.1, 0.15) is 29.3 Å². The molecule has 0 aliphatic carbocycles. The van der Waals surface area contributed by atoms with E-state index in [1.807, 2.05) is 6.92 Å². The molecular weight excluding hydrogens is 430 g/mol. The van der Waals surface area contributed by atoms with Gasteiger partial charge in [-0.05, 0) is 31.2 Å². The van der Waals surface area contributed by atoms with Crippen molar-refractivity contribution >= 4 is 27.6 Å². The van der Waals surface area contributed by atoms with Crippen LogP contribution in [0.2, 0.25) is 0 Å². The minimum absolute atomic E-state index is 0.0155. The number of sulfone groups is 1. The van der Waals surface area contributed by atoms with Crippen molar-refractivity contribution in [3.8, 4) is 0 Å². The van der Waals surface area contributed by atoms with Gasteiger partial charge in [0, 0.05) is 38.2 Å². The fourth-order valence-corrected chi connectivity index (χ4v) is 4.98. The number of carbonyl (C=O) groups excluding carboxylic acids is 3. The first-order chi connectivity index (χ1) is 15.2. The summed E-state index contributed by atoms with van der Waals surface area (Å²) in [6.07, 6.45) is 0.367. The van der Waals surface area contributed by atoms with E-state index in [9.17, 15) is 22.8 Å². The first-order valence-corrected chi connectivity index (χ1v) is 12.0. The molecule has 0 saturated carbocycles. The second-order valence-electron chi connectivity index (χ2n) is 7.64. The van der Waals surface area contributed by atoms with E-state index in [1.165, 1.54) is 17.0 Å². The van der Waals surface area contributed by atoms with Crippen molar-refractivity contribution in [1.82, 2.24) is 15.1 Å². The standard InChI is InChI=1S/C23H27N3O5S/c1-3-20(27)25-13-15-26(16-14-25)23(29)22(32(30,31)19-7-5-4-6-8-19)24-21(28)18-11-9-17(2)10-12-18/h4-12,22H,3,13-16H2,1-2H3,(H,24,28)/t22-/m1/s1. The van der Waals surface area contributed by atoms with Crippen molar-refractivity contribution in [1.29, 1.82) is 0 Å². The van der Waals surface area contributed by atoms with E-state index in [1.54, 1.807) is 54.3 Å². The molecule has 8 nitrogen and oxygen atoms in total. The molecule has 2 aromatic carbocycles. The van der Waals surface area contributed by atoms with Gasteiger partial charge in [0.15, 0.2) is 0 Å². The van der Waals surface area contributed by atoms with E-state index in [0.717, 1.165) is 5.56 Å². The van der Waals surface area contributed by atoms with Crippen LogP contribution in [-0.2, 0) is 19.4 Å². The molecule has 1 aliphatic rings. The van der Waals surface area contributed by atoms with E-state index >= 15 is 0 Å². The zero-order valence-corrected chi connectivity index (χ0v) is 19.0. The third-order valence-corrected chi connectivity index (χ3v) is 7.30. The van der Waals surface area contributed by atoms with Crippen LogP contribution < -0.4 is 5.32 Å². The Morgan fingerprint density at radius 3 is 2.03 bits per heavy atom. The summed E-state index contributed by atoms with van der Waals surface area (Å²) in [6.45, 7) is 4.68. The molecular formula is C23H27N3O5S. The summed E-state index contributed by atoms with van der Waals surface area (Å²) in [5, 5.41) is 0.664. The van der Waals surface area contributed by atoms with E-state index in [4.69, 9.17) is 0 Å². The Balaban J connectivity index is 1.87. The third-order valence-electron chi connectivity index (χ3n) is 5.43. The number of carbonyl (C=O) groups is 3. The molecule has 3 rings (SSSR count). The molecule has 3 amide bonds. The van der Waals surface area contributed by atoms with Gasteiger partial charge in [-0.1, -0.05) is 42.8 Å². The Morgan fingerprint density at radius 2 is 1.47 bits per heavy atom. The molecule has 170 valence electrons.